The summed E-state index contributed by atoms with van der Waals surface area (Å²) in [5.41, 5.74) is 2.66. The highest BCUT2D eigenvalue weighted by atomic mass is 32.2. The second kappa shape index (κ2) is 6.23. The van der Waals surface area contributed by atoms with Crippen LogP contribution < -0.4 is 4.72 Å². The summed E-state index contributed by atoms with van der Waals surface area (Å²) in [6.45, 7) is 8.20. The Kier molecular flexibility index (Phi) is 4.73. The van der Waals surface area contributed by atoms with Gasteiger partial charge in [0.05, 0.1) is 4.90 Å². The van der Waals surface area contributed by atoms with Crippen LogP contribution in [0, 0.1) is 13.8 Å². The smallest absolute Gasteiger partial charge is 0.210 e. The third kappa shape index (κ3) is 3.76. The van der Waals surface area contributed by atoms with E-state index in [0.717, 1.165) is 16.7 Å². The van der Waals surface area contributed by atoms with Crippen molar-refractivity contribution in [3.8, 4) is 0 Å². The van der Waals surface area contributed by atoms with Gasteiger partial charge in [-0.25, -0.2) is 13.1 Å². The molecule has 2 aromatic rings. The lowest BCUT2D eigenvalue weighted by Crippen LogP contribution is -2.36. The minimum Gasteiger partial charge on any atom is -0.210 e. The van der Waals surface area contributed by atoms with Crippen molar-refractivity contribution in [2.75, 3.05) is 6.54 Å². The molecule has 2 aromatic carbocycles. The fourth-order valence-corrected chi connectivity index (χ4v) is 3.88. The van der Waals surface area contributed by atoms with Gasteiger partial charge in [0.15, 0.2) is 0 Å². The molecule has 4 heteroatoms. The highest BCUT2D eigenvalue weighted by Gasteiger charge is 2.24. The Bertz CT molecular complexity index is 750. The molecule has 0 unspecified atom stereocenters. The molecule has 0 radical (unpaired) electrons. The number of benzene rings is 2. The summed E-state index contributed by atoms with van der Waals surface area (Å²) in [4.78, 5) is 0.349. The third-order valence-electron chi connectivity index (χ3n) is 3.88. The average molecular weight is 317 g/mol. The minimum absolute atomic E-state index is 0.271. The maximum Gasteiger partial charge on any atom is 0.240 e. The summed E-state index contributed by atoms with van der Waals surface area (Å²) in [5.74, 6) is 0. The molecule has 0 atom stereocenters. The molecule has 0 aliphatic rings. The molecular weight excluding hydrogens is 294 g/mol. The van der Waals surface area contributed by atoms with Gasteiger partial charge < -0.3 is 0 Å². The number of aryl methyl sites for hydroxylation is 2. The van der Waals surface area contributed by atoms with Gasteiger partial charge in [0.2, 0.25) is 10.0 Å². The van der Waals surface area contributed by atoms with Crippen molar-refractivity contribution in [1.82, 2.24) is 4.72 Å². The van der Waals surface area contributed by atoms with Gasteiger partial charge >= 0.3 is 0 Å². The number of hydrogen-bond donors (Lipinski definition) is 1. The molecule has 0 aliphatic heterocycles. The Labute approximate surface area is 133 Å². The SMILES string of the molecule is Cc1ccc(S(=O)(=O)NCC(C)(C)c2ccccc2)c(C)c1. The third-order valence-corrected chi connectivity index (χ3v) is 5.44. The molecule has 3 nitrogen and oxygen atoms in total. The Morgan fingerprint density at radius 3 is 2.23 bits per heavy atom. The number of nitrogens with one attached hydrogen (secondary N) is 1. The molecular formula is C18H23NO2S. The molecule has 0 heterocycles. The maximum absolute atomic E-state index is 12.5. The van der Waals surface area contributed by atoms with Gasteiger partial charge in [0.1, 0.15) is 0 Å². The molecule has 0 saturated carbocycles. The molecule has 0 aromatic heterocycles. The van der Waals surface area contributed by atoms with E-state index in [2.05, 4.69) is 4.72 Å². The van der Waals surface area contributed by atoms with Gasteiger partial charge in [-0.15, -0.1) is 0 Å². The Hall–Kier alpha value is -1.65. The Morgan fingerprint density at radius 2 is 1.64 bits per heavy atom. The molecule has 2 rings (SSSR count). The van der Waals surface area contributed by atoms with Gasteiger partial charge in [-0.2, -0.15) is 0 Å². The first-order valence-electron chi connectivity index (χ1n) is 7.35. The topological polar surface area (TPSA) is 46.2 Å². The first-order valence-corrected chi connectivity index (χ1v) is 8.83. The van der Waals surface area contributed by atoms with Crippen molar-refractivity contribution < 1.29 is 8.42 Å². The van der Waals surface area contributed by atoms with Gasteiger partial charge in [0, 0.05) is 12.0 Å². The first-order chi connectivity index (χ1) is 10.2. The monoisotopic (exact) mass is 317 g/mol. The quantitative estimate of drug-likeness (QED) is 0.916. The van der Waals surface area contributed by atoms with Crippen LogP contribution in [0.5, 0.6) is 0 Å². The minimum atomic E-state index is -3.50. The number of rotatable bonds is 5. The van der Waals surface area contributed by atoms with E-state index in [1.807, 2.05) is 70.2 Å². The van der Waals surface area contributed by atoms with Crippen molar-refractivity contribution in [3.63, 3.8) is 0 Å². The molecule has 0 saturated heterocycles. The molecule has 118 valence electrons. The van der Waals surface area contributed by atoms with Crippen LogP contribution in [-0.4, -0.2) is 15.0 Å². The summed E-state index contributed by atoms with van der Waals surface area (Å²) in [6.07, 6.45) is 0. The fraction of sp³-hybridized carbons (Fsp3) is 0.333. The van der Waals surface area contributed by atoms with Crippen molar-refractivity contribution in [1.29, 1.82) is 0 Å². The van der Waals surface area contributed by atoms with Crippen molar-refractivity contribution in [2.45, 2.75) is 38.0 Å². The van der Waals surface area contributed by atoms with Crippen molar-refractivity contribution >= 4 is 10.0 Å². The van der Waals surface area contributed by atoms with E-state index >= 15 is 0 Å². The van der Waals surface area contributed by atoms with E-state index in [0.29, 0.717) is 11.4 Å². The standard InChI is InChI=1S/C18H23NO2S/c1-14-10-11-17(15(2)12-14)22(20,21)19-13-18(3,4)16-8-6-5-7-9-16/h5-12,19H,13H2,1-4H3. The summed E-state index contributed by atoms with van der Waals surface area (Å²) >= 11 is 0. The fourth-order valence-electron chi connectivity index (χ4n) is 2.45. The molecule has 1 N–H and O–H groups in total. The van der Waals surface area contributed by atoms with Crippen LogP contribution >= 0.6 is 0 Å². The lowest BCUT2D eigenvalue weighted by molar-refractivity contribution is 0.501. The molecule has 0 aliphatic carbocycles. The normalized spacial score (nSPS) is 12.4. The lowest BCUT2D eigenvalue weighted by Gasteiger charge is -2.25. The van der Waals surface area contributed by atoms with Gasteiger partial charge in [-0.1, -0.05) is 61.9 Å². The summed E-state index contributed by atoms with van der Waals surface area (Å²) in [5, 5.41) is 0. The first kappa shape index (κ1) is 16.7. The van der Waals surface area contributed by atoms with Crippen LogP contribution in [0.2, 0.25) is 0 Å². The van der Waals surface area contributed by atoms with Gasteiger partial charge in [-0.3, -0.25) is 0 Å². The highest BCUT2D eigenvalue weighted by molar-refractivity contribution is 7.89. The Morgan fingerprint density at radius 1 is 1.00 bits per heavy atom. The van der Waals surface area contributed by atoms with E-state index < -0.39 is 10.0 Å². The molecule has 22 heavy (non-hydrogen) atoms. The zero-order valence-electron chi connectivity index (χ0n) is 13.6. The number of sulfonamides is 1. The van der Waals surface area contributed by atoms with E-state index in [-0.39, 0.29) is 5.41 Å². The number of hydrogen-bond acceptors (Lipinski definition) is 2. The summed E-state index contributed by atoms with van der Waals surface area (Å²) < 4.78 is 27.8. The summed E-state index contributed by atoms with van der Waals surface area (Å²) in [6, 6.07) is 15.3. The van der Waals surface area contributed by atoms with Crippen LogP contribution in [0.15, 0.2) is 53.4 Å². The molecule has 0 amide bonds. The van der Waals surface area contributed by atoms with Crippen molar-refractivity contribution in [3.05, 3.63) is 65.2 Å². The predicted molar refractivity (Wildman–Crippen MR) is 90.6 cm³/mol. The van der Waals surface area contributed by atoms with Gasteiger partial charge in [0.25, 0.3) is 0 Å². The zero-order valence-corrected chi connectivity index (χ0v) is 14.4. The largest absolute Gasteiger partial charge is 0.240 e. The van der Waals surface area contributed by atoms with Crippen LogP contribution in [0.4, 0.5) is 0 Å². The zero-order chi connectivity index (χ0) is 16.4. The summed E-state index contributed by atoms with van der Waals surface area (Å²) in [7, 11) is -3.50. The van der Waals surface area contributed by atoms with E-state index in [4.69, 9.17) is 0 Å². The average Bonchev–Trinajstić information content (AvgIpc) is 2.46. The maximum atomic E-state index is 12.5. The van der Waals surface area contributed by atoms with Crippen LogP contribution in [0.1, 0.15) is 30.5 Å². The van der Waals surface area contributed by atoms with Crippen molar-refractivity contribution in [2.24, 2.45) is 0 Å². The second-order valence-corrected chi connectivity index (χ2v) is 8.08. The predicted octanol–water partition coefficient (Wildman–Crippen LogP) is 3.56. The molecule has 0 fully saturated rings. The molecule has 0 spiro atoms. The Balaban J connectivity index is 2.19. The highest BCUT2D eigenvalue weighted by Crippen LogP contribution is 2.23. The van der Waals surface area contributed by atoms with Gasteiger partial charge in [-0.05, 0) is 31.0 Å². The van der Waals surface area contributed by atoms with Crippen LogP contribution in [0.25, 0.3) is 0 Å². The van der Waals surface area contributed by atoms with E-state index in [9.17, 15) is 8.42 Å². The van der Waals surface area contributed by atoms with Crippen LogP contribution in [-0.2, 0) is 15.4 Å². The van der Waals surface area contributed by atoms with E-state index in [1.54, 1.807) is 6.07 Å². The second-order valence-electron chi connectivity index (χ2n) is 6.34. The molecule has 0 bridgehead atoms. The van der Waals surface area contributed by atoms with E-state index in [1.165, 1.54) is 0 Å². The lowest BCUT2D eigenvalue weighted by atomic mass is 9.85. The van der Waals surface area contributed by atoms with Crippen LogP contribution in [0.3, 0.4) is 0 Å².